The average molecular weight is 238 g/mol. The molecular formula is C16H14O2. The van der Waals surface area contributed by atoms with Gasteiger partial charge in [0.05, 0.1) is 6.26 Å². The fourth-order valence-electron chi connectivity index (χ4n) is 2.13. The van der Waals surface area contributed by atoms with Gasteiger partial charge in [-0.1, -0.05) is 30.3 Å². The van der Waals surface area contributed by atoms with E-state index in [0.29, 0.717) is 6.61 Å². The molecule has 0 saturated heterocycles. The molecule has 0 aliphatic rings. The minimum atomic E-state index is 0.530. The van der Waals surface area contributed by atoms with Gasteiger partial charge in [0.25, 0.3) is 0 Å². The zero-order valence-corrected chi connectivity index (χ0v) is 10.2. The molecule has 0 unspecified atom stereocenters. The number of benzene rings is 2. The monoisotopic (exact) mass is 238 g/mol. The highest BCUT2D eigenvalue weighted by molar-refractivity contribution is 5.84. The topological polar surface area (TPSA) is 22.4 Å². The van der Waals surface area contributed by atoms with Gasteiger partial charge in [-0.3, -0.25) is 0 Å². The first-order chi connectivity index (χ1) is 8.84. The van der Waals surface area contributed by atoms with E-state index in [9.17, 15) is 0 Å². The molecule has 2 aromatic carbocycles. The summed E-state index contributed by atoms with van der Waals surface area (Å²) in [6.07, 6.45) is 1.78. The van der Waals surface area contributed by atoms with Crippen molar-refractivity contribution in [2.75, 3.05) is 0 Å². The van der Waals surface area contributed by atoms with E-state index in [2.05, 4.69) is 13.0 Å². The Morgan fingerprint density at radius 1 is 1.00 bits per heavy atom. The summed E-state index contributed by atoms with van der Waals surface area (Å²) in [7, 11) is 0. The summed E-state index contributed by atoms with van der Waals surface area (Å²) in [6, 6.07) is 15.9. The van der Waals surface area contributed by atoms with Crippen molar-refractivity contribution < 1.29 is 9.15 Å². The Balaban J connectivity index is 1.87. The van der Waals surface area contributed by atoms with Crippen LogP contribution in [0.5, 0.6) is 5.75 Å². The molecular weight excluding hydrogens is 224 g/mol. The summed E-state index contributed by atoms with van der Waals surface area (Å²) in [4.78, 5) is 0. The third kappa shape index (κ3) is 1.97. The Labute approximate surface area is 106 Å². The van der Waals surface area contributed by atoms with Crippen LogP contribution in [0, 0.1) is 6.92 Å². The van der Waals surface area contributed by atoms with Crippen LogP contribution in [-0.4, -0.2) is 0 Å². The number of aryl methyl sites for hydroxylation is 1. The summed E-state index contributed by atoms with van der Waals surface area (Å²) in [5.41, 5.74) is 3.22. The lowest BCUT2D eigenvalue weighted by Gasteiger charge is -2.05. The average Bonchev–Trinajstić information content (AvgIpc) is 2.82. The minimum absolute atomic E-state index is 0.530. The van der Waals surface area contributed by atoms with Gasteiger partial charge in [0.2, 0.25) is 0 Å². The standard InChI is InChI=1S/C16H14O2/c1-12-6-5-9-15-16(12)13(11-18-15)10-17-14-7-3-2-4-8-14/h2-9,11H,10H2,1H3. The second kappa shape index (κ2) is 4.57. The molecule has 1 aromatic heterocycles. The lowest BCUT2D eigenvalue weighted by Crippen LogP contribution is -1.94. The summed E-state index contributed by atoms with van der Waals surface area (Å²) >= 11 is 0. The van der Waals surface area contributed by atoms with Gasteiger partial charge in [-0.25, -0.2) is 0 Å². The zero-order valence-electron chi connectivity index (χ0n) is 10.2. The smallest absolute Gasteiger partial charge is 0.134 e. The van der Waals surface area contributed by atoms with Crippen molar-refractivity contribution >= 4 is 11.0 Å². The van der Waals surface area contributed by atoms with Gasteiger partial charge in [-0.05, 0) is 30.7 Å². The first-order valence-corrected chi connectivity index (χ1v) is 5.98. The van der Waals surface area contributed by atoms with Crippen molar-refractivity contribution in [1.29, 1.82) is 0 Å². The highest BCUT2D eigenvalue weighted by Gasteiger charge is 2.08. The molecule has 2 heteroatoms. The minimum Gasteiger partial charge on any atom is -0.489 e. The third-order valence-corrected chi connectivity index (χ3v) is 3.02. The number of rotatable bonds is 3. The van der Waals surface area contributed by atoms with Gasteiger partial charge in [0.1, 0.15) is 17.9 Å². The molecule has 2 nitrogen and oxygen atoms in total. The first kappa shape index (κ1) is 10.9. The maximum absolute atomic E-state index is 5.75. The molecule has 3 rings (SSSR count). The molecule has 0 spiro atoms. The number of para-hydroxylation sites is 1. The van der Waals surface area contributed by atoms with Crippen molar-refractivity contribution in [1.82, 2.24) is 0 Å². The van der Waals surface area contributed by atoms with Gasteiger partial charge >= 0.3 is 0 Å². The van der Waals surface area contributed by atoms with Crippen LogP contribution >= 0.6 is 0 Å². The van der Waals surface area contributed by atoms with E-state index in [0.717, 1.165) is 22.3 Å². The molecule has 0 atom stereocenters. The van der Waals surface area contributed by atoms with E-state index in [1.165, 1.54) is 5.56 Å². The Hall–Kier alpha value is -2.22. The molecule has 90 valence electrons. The van der Waals surface area contributed by atoms with Gasteiger partial charge in [-0.15, -0.1) is 0 Å². The molecule has 18 heavy (non-hydrogen) atoms. The van der Waals surface area contributed by atoms with E-state index in [4.69, 9.17) is 9.15 Å². The fraction of sp³-hybridized carbons (Fsp3) is 0.125. The number of furan rings is 1. The first-order valence-electron chi connectivity index (χ1n) is 5.98. The molecule has 1 heterocycles. The SMILES string of the molecule is Cc1cccc2occ(COc3ccccc3)c12. The molecule has 0 bridgehead atoms. The second-order valence-corrected chi connectivity index (χ2v) is 4.31. The fourth-order valence-corrected chi connectivity index (χ4v) is 2.13. The van der Waals surface area contributed by atoms with Crippen LogP contribution < -0.4 is 4.74 Å². The number of hydrogen-bond acceptors (Lipinski definition) is 2. The van der Waals surface area contributed by atoms with Crippen LogP contribution in [0.3, 0.4) is 0 Å². The van der Waals surface area contributed by atoms with Crippen molar-refractivity contribution in [3.05, 3.63) is 65.9 Å². The van der Waals surface area contributed by atoms with Crippen molar-refractivity contribution in [3.8, 4) is 5.75 Å². The van der Waals surface area contributed by atoms with Crippen LogP contribution in [0.1, 0.15) is 11.1 Å². The van der Waals surface area contributed by atoms with Crippen LogP contribution in [-0.2, 0) is 6.61 Å². The van der Waals surface area contributed by atoms with Gasteiger partial charge in [0.15, 0.2) is 0 Å². The van der Waals surface area contributed by atoms with Gasteiger partial charge in [-0.2, -0.15) is 0 Å². The van der Waals surface area contributed by atoms with E-state index >= 15 is 0 Å². The number of ether oxygens (including phenoxy) is 1. The van der Waals surface area contributed by atoms with Gasteiger partial charge < -0.3 is 9.15 Å². The quantitative estimate of drug-likeness (QED) is 0.678. The normalized spacial score (nSPS) is 10.7. The highest BCUT2D eigenvalue weighted by Crippen LogP contribution is 2.25. The third-order valence-electron chi connectivity index (χ3n) is 3.02. The molecule has 0 fully saturated rings. The van der Waals surface area contributed by atoms with Crippen molar-refractivity contribution in [2.45, 2.75) is 13.5 Å². The Bertz CT molecular complexity index is 653. The second-order valence-electron chi connectivity index (χ2n) is 4.31. The Morgan fingerprint density at radius 3 is 2.67 bits per heavy atom. The van der Waals surface area contributed by atoms with Crippen molar-refractivity contribution in [2.24, 2.45) is 0 Å². The lowest BCUT2D eigenvalue weighted by atomic mass is 10.1. The van der Waals surface area contributed by atoms with Gasteiger partial charge in [0, 0.05) is 10.9 Å². The summed E-state index contributed by atoms with van der Waals surface area (Å²) in [5.74, 6) is 0.875. The molecule has 0 amide bonds. The van der Waals surface area contributed by atoms with E-state index < -0.39 is 0 Å². The molecule has 0 aliphatic carbocycles. The Morgan fingerprint density at radius 2 is 1.83 bits per heavy atom. The molecule has 3 aromatic rings. The lowest BCUT2D eigenvalue weighted by molar-refractivity contribution is 0.306. The maximum Gasteiger partial charge on any atom is 0.134 e. The Kier molecular flexibility index (Phi) is 2.77. The number of fused-ring (bicyclic) bond motifs is 1. The van der Waals surface area contributed by atoms with Crippen LogP contribution in [0.15, 0.2) is 59.2 Å². The predicted molar refractivity (Wildman–Crippen MR) is 71.7 cm³/mol. The summed E-state index contributed by atoms with van der Waals surface area (Å²) in [6.45, 7) is 2.62. The molecule has 0 saturated carbocycles. The van der Waals surface area contributed by atoms with E-state index in [1.807, 2.05) is 42.5 Å². The molecule has 0 radical (unpaired) electrons. The van der Waals surface area contributed by atoms with E-state index in [1.54, 1.807) is 6.26 Å². The molecule has 0 N–H and O–H groups in total. The summed E-state index contributed by atoms with van der Waals surface area (Å²) < 4.78 is 11.3. The van der Waals surface area contributed by atoms with Crippen LogP contribution in [0.25, 0.3) is 11.0 Å². The van der Waals surface area contributed by atoms with E-state index in [-0.39, 0.29) is 0 Å². The maximum atomic E-state index is 5.75. The van der Waals surface area contributed by atoms with Crippen LogP contribution in [0.2, 0.25) is 0 Å². The summed E-state index contributed by atoms with van der Waals surface area (Å²) in [5, 5.41) is 1.16. The van der Waals surface area contributed by atoms with Crippen molar-refractivity contribution in [3.63, 3.8) is 0 Å². The largest absolute Gasteiger partial charge is 0.489 e. The predicted octanol–water partition coefficient (Wildman–Crippen LogP) is 4.32. The highest BCUT2D eigenvalue weighted by atomic mass is 16.5. The number of hydrogen-bond donors (Lipinski definition) is 0. The molecule has 0 aliphatic heterocycles. The van der Waals surface area contributed by atoms with Crippen LogP contribution in [0.4, 0.5) is 0 Å². The zero-order chi connectivity index (χ0) is 12.4.